The smallest absolute Gasteiger partial charge is 0.123 e. The first-order valence-corrected chi connectivity index (χ1v) is 6.92. The van der Waals surface area contributed by atoms with Crippen molar-refractivity contribution in [1.29, 1.82) is 0 Å². The molecule has 0 bridgehead atoms. The second-order valence-electron chi connectivity index (χ2n) is 8.14. The van der Waals surface area contributed by atoms with Crippen molar-refractivity contribution in [2.45, 2.75) is 71.8 Å². The highest BCUT2D eigenvalue weighted by molar-refractivity contribution is 5.51. The van der Waals surface area contributed by atoms with E-state index in [0.29, 0.717) is 5.75 Å². The minimum atomic E-state index is -0.409. The quantitative estimate of drug-likeness (QED) is 0.798. The van der Waals surface area contributed by atoms with Crippen LogP contribution in [0, 0.1) is 0 Å². The van der Waals surface area contributed by atoms with Gasteiger partial charge in [-0.05, 0) is 53.5 Å². The SMILES string of the molecule is CC(C)(C)c1cc(C(C)(C)N)cc(C(C)(C)C)c1O. The van der Waals surface area contributed by atoms with E-state index in [1.807, 2.05) is 26.0 Å². The predicted octanol–water partition coefficient (Wildman–Crippen LogP) is 4.18. The molecule has 0 amide bonds. The average molecular weight is 263 g/mol. The van der Waals surface area contributed by atoms with Crippen LogP contribution in [-0.2, 0) is 16.4 Å². The highest BCUT2D eigenvalue weighted by Gasteiger charge is 2.28. The van der Waals surface area contributed by atoms with Crippen molar-refractivity contribution in [3.63, 3.8) is 0 Å². The summed E-state index contributed by atoms with van der Waals surface area (Å²) in [5, 5.41) is 10.6. The number of phenolic OH excluding ortho intramolecular Hbond substituents is 1. The van der Waals surface area contributed by atoms with Gasteiger partial charge in [-0.2, -0.15) is 0 Å². The van der Waals surface area contributed by atoms with Crippen LogP contribution in [0.3, 0.4) is 0 Å². The van der Waals surface area contributed by atoms with Crippen molar-refractivity contribution in [2.24, 2.45) is 5.73 Å². The maximum Gasteiger partial charge on any atom is 0.123 e. The van der Waals surface area contributed by atoms with E-state index in [-0.39, 0.29) is 10.8 Å². The number of phenols is 1. The van der Waals surface area contributed by atoms with E-state index < -0.39 is 5.54 Å². The number of hydrogen-bond acceptors (Lipinski definition) is 2. The maximum absolute atomic E-state index is 10.6. The monoisotopic (exact) mass is 263 g/mol. The minimum absolute atomic E-state index is 0.106. The zero-order valence-corrected chi connectivity index (χ0v) is 13.7. The molecule has 0 aliphatic rings. The summed E-state index contributed by atoms with van der Waals surface area (Å²) in [5.41, 5.74) is 8.63. The van der Waals surface area contributed by atoms with E-state index in [2.05, 4.69) is 41.5 Å². The van der Waals surface area contributed by atoms with E-state index in [9.17, 15) is 5.11 Å². The maximum atomic E-state index is 10.6. The van der Waals surface area contributed by atoms with Crippen LogP contribution in [0.25, 0.3) is 0 Å². The zero-order chi connectivity index (χ0) is 15.2. The van der Waals surface area contributed by atoms with Gasteiger partial charge in [0.25, 0.3) is 0 Å². The summed E-state index contributed by atoms with van der Waals surface area (Å²) in [6, 6.07) is 4.09. The van der Waals surface area contributed by atoms with Gasteiger partial charge >= 0.3 is 0 Å². The summed E-state index contributed by atoms with van der Waals surface area (Å²) in [6.07, 6.45) is 0. The second kappa shape index (κ2) is 4.52. The fourth-order valence-corrected chi connectivity index (χ4v) is 2.15. The summed E-state index contributed by atoms with van der Waals surface area (Å²) in [5.74, 6) is 0.410. The Morgan fingerprint density at radius 1 is 0.789 bits per heavy atom. The van der Waals surface area contributed by atoms with Gasteiger partial charge in [0, 0.05) is 5.54 Å². The molecule has 0 atom stereocenters. The lowest BCUT2D eigenvalue weighted by Gasteiger charge is -2.31. The Labute approximate surface area is 118 Å². The Hall–Kier alpha value is -1.02. The van der Waals surface area contributed by atoms with E-state index in [1.165, 1.54) is 0 Å². The van der Waals surface area contributed by atoms with E-state index in [0.717, 1.165) is 16.7 Å². The summed E-state index contributed by atoms with van der Waals surface area (Å²) in [4.78, 5) is 0. The van der Waals surface area contributed by atoms with Crippen molar-refractivity contribution in [2.75, 3.05) is 0 Å². The minimum Gasteiger partial charge on any atom is -0.507 e. The lowest BCUT2D eigenvalue weighted by Crippen LogP contribution is -2.30. The Morgan fingerprint density at radius 3 is 1.32 bits per heavy atom. The molecule has 0 saturated carbocycles. The molecule has 1 aromatic rings. The first-order chi connectivity index (χ1) is 8.24. The molecule has 0 unspecified atom stereocenters. The predicted molar refractivity (Wildman–Crippen MR) is 82.7 cm³/mol. The molecule has 0 aromatic heterocycles. The topological polar surface area (TPSA) is 46.2 Å². The summed E-state index contributed by atoms with van der Waals surface area (Å²) < 4.78 is 0. The van der Waals surface area contributed by atoms with Crippen LogP contribution in [0.5, 0.6) is 5.75 Å². The molecule has 0 radical (unpaired) electrons. The van der Waals surface area contributed by atoms with Crippen molar-refractivity contribution in [1.82, 2.24) is 0 Å². The molecule has 0 fully saturated rings. The molecule has 0 aliphatic heterocycles. The van der Waals surface area contributed by atoms with E-state index >= 15 is 0 Å². The summed E-state index contributed by atoms with van der Waals surface area (Å²) in [6.45, 7) is 16.7. The number of hydrogen-bond donors (Lipinski definition) is 2. The van der Waals surface area contributed by atoms with Crippen molar-refractivity contribution in [3.8, 4) is 5.75 Å². The molecular weight excluding hydrogens is 234 g/mol. The first-order valence-electron chi connectivity index (χ1n) is 6.92. The van der Waals surface area contributed by atoms with Gasteiger partial charge in [0.05, 0.1) is 0 Å². The Balaban J connectivity index is 3.68. The molecular formula is C17H29NO. The molecule has 0 aliphatic carbocycles. The van der Waals surface area contributed by atoms with Gasteiger partial charge in [-0.15, -0.1) is 0 Å². The molecule has 1 rings (SSSR count). The van der Waals surface area contributed by atoms with Gasteiger partial charge in [0.15, 0.2) is 0 Å². The van der Waals surface area contributed by atoms with Crippen LogP contribution < -0.4 is 5.73 Å². The van der Waals surface area contributed by atoms with Crippen LogP contribution in [-0.4, -0.2) is 5.11 Å². The Bertz CT molecular complexity index is 433. The number of aromatic hydroxyl groups is 1. The van der Waals surface area contributed by atoms with Crippen molar-refractivity contribution in [3.05, 3.63) is 28.8 Å². The first kappa shape index (κ1) is 16.0. The normalized spacial score (nSPS) is 13.7. The third kappa shape index (κ3) is 3.50. The van der Waals surface area contributed by atoms with E-state index in [1.54, 1.807) is 0 Å². The number of rotatable bonds is 1. The fourth-order valence-electron chi connectivity index (χ4n) is 2.15. The molecule has 1 aromatic carbocycles. The number of nitrogens with two attached hydrogens (primary N) is 1. The third-order valence-corrected chi connectivity index (χ3v) is 3.47. The van der Waals surface area contributed by atoms with Crippen LogP contribution in [0.1, 0.15) is 72.1 Å². The summed E-state index contributed by atoms with van der Waals surface area (Å²) in [7, 11) is 0. The third-order valence-electron chi connectivity index (χ3n) is 3.47. The summed E-state index contributed by atoms with van der Waals surface area (Å²) >= 11 is 0. The molecule has 0 saturated heterocycles. The van der Waals surface area contributed by atoms with Gasteiger partial charge in [-0.1, -0.05) is 41.5 Å². The van der Waals surface area contributed by atoms with Crippen LogP contribution in [0.15, 0.2) is 12.1 Å². The molecule has 2 heteroatoms. The lowest BCUT2D eigenvalue weighted by atomic mass is 9.76. The van der Waals surface area contributed by atoms with Crippen molar-refractivity contribution >= 4 is 0 Å². The van der Waals surface area contributed by atoms with Gasteiger partial charge in [0.1, 0.15) is 5.75 Å². The molecule has 108 valence electrons. The molecule has 0 spiro atoms. The van der Waals surface area contributed by atoms with Crippen LogP contribution in [0.2, 0.25) is 0 Å². The molecule has 2 nitrogen and oxygen atoms in total. The highest BCUT2D eigenvalue weighted by Crippen LogP contribution is 2.41. The molecule has 0 heterocycles. The van der Waals surface area contributed by atoms with Crippen LogP contribution >= 0.6 is 0 Å². The van der Waals surface area contributed by atoms with Crippen molar-refractivity contribution < 1.29 is 5.11 Å². The molecule has 3 N–H and O–H groups in total. The van der Waals surface area contributed by atoms with E-state index in [4.69, 9.17) is 5.73 Å². The van der Waals surface area contributed by atoms with Gasteiger partial charge < -0.3 is 10.8 Å². The van der Waals surface area contributed by atoms with Crippen LogP contribution in [0.4, 0.5) is 0 Å². The Morgan fingerprint density at radius 2 is 1.11 bits per heavy atom. The molecule has 19 heavy (non-hydrogen) atoms. The second-order valence-corrected chi connectivity index (χ2v) is 8.14. The Kier molecular flexibility index (Phi) is 3.81. The lowest BCUT2D eigenvalue weighted by molar-refractivity contribution is 0.420. The highest BCUT2D eigenvalue weighted by atomic mass is 16.3. The standard InChI is InChI=1S/C17H29NO/c1-15(2,3)12-9-11(17(7,8)18)10-13(14(12)19)16(4,5)6/h9-10,19H,18H2,1-8H3. The number of benzene rings is 1. The zero-order valence-electron chi connectivity index (χ0n) is 13.7. The van der Waals surface area contributed by atoms with Gasteiger partial charge in [-0.3, -0.25) is 0 Å². The van der Waals surface area contributed by atoms with Gasteiger partial charge in [-0.25, -0.2) is 0 Å². The van der Waals surface area contributed by atoms with Gasteiger partial charge in [0.2, 0.25) is 0 Å². The fraction of sp³-hybridized carbons (Fsp3) is 0.647. The average Bonchev–Trinajstić information content (AvgIpc) is 2.11. The largest absolute Gasteiger partial charge is 0.507 e.